The lowest BCUT2D eigenvalue weighted by Gasteiger charge is -2.12. The lowest BCUT2D eigenvalue weighted by Crippen LogP contribution is -2.30. The molecule has 0 atom stereocenters. The second-order valence-electron chi connectivity index (χ2n) is 6.22. The van der Waals surface area contributed by atoms with Crippen molar-refractivity contribution in [2.24, 2.45) is 0 Å². The Morgan fingerprint density at radius 2 is 1.90 bits per heavy atom. The molecule has 3 amide bonds. The number of imide groups is 1. The third kappa shape index (κ3) is 4.84. The molecule has 0 aromatic heterocycles. The standard InChI is InChI=1S/C20H16Cl2N2O6/c1-29-16-8-12(6-14(22)18(16)30-10-17(25)26)7-15-19(27)24(20(28)23-15)9-11-2-4-13(21)5-3-11/h2-8H,9-10H2,1H3,(H,23,28)(H,25,26)/b15-7-. The van der Waals surface area contributed by atoms with E-state index in [1.165, 1.54) is 25.3 Å². The Labute approximate surface area is 181 Å². The van der Waals surface area contributed by atoms with E-state index in [0.717, 1.165) is 10.5 Å². The van der Waals surface area contributed by atoms with E-state index in [2.05, 4.69) is 5.32 Å². The highest BCUT2D eigenvalue weighted by Crippen LogP contribution is 2.37. The molecule has 2 aromatic rings. The predicted molar refractivity (Wildman–Crippen MR) is 110 cm³/mol. The Hall–Kier alpha value is -3.23. The van der Waals surface area contributed by atoms with Gasteiger partial charge >= 0.3 is 12.0 Å². The van der Waals surface area contributed by atoms with Gasteiger partial charge in [-0.1, -0.05) is 35.3 Å². The van der Waals surface area contributed by atoms with E-state index in [0.29, 0.717) is 10.6 Å². The Bertz CT molecular complexity index is 1040. The Morgan fingerprint density at radius 1 is 1.20 bits per heavy atom. The molecule has 10 heteroatoms. The van der Waals surface area contributed by atoms with Crippen molar-refractivity contribution < 1.29 is 29.0 Å². The molecule has 3 rings (SSSR count). The molecule has 2 aromatic carbocycles. The number of carboxylic acids is 1. The van der Waals surface area contributed by atoms with Crippen molar-refractivity contribution in [3.8, 4) is 11.5 Å². The summed E-state index contributed by atoms with van der Waals surface area (Å²) in [6, 6.07) is 9.23. The number of urea groups is 1. The van der Waals surface area contributed by atoms with Crippen LogP contribution in [0.2, 0.25) is 10.0 Å². The van der Waals surface area contributed by atoms with Crippen molar-refractivity contribution in [2.45, 2.75) is 6.54 Å². The van der Waals surface area contributed by atoms with Gasteiger partial charge in [-0.25, -0.2) is 9.59 Å². The molecule has 1 aliphatic rings. The van der Waals surface area contributed by atoms with E-state index in [-0.39, 0.29) is 28.8 Å². The maximum atomic E-state index is 12.7. The smallest absolute Gasteiger partial charge is 0.341 e. The van der Waals surface area contributed by atoms with E-state index in [9.17, 15) is 14.4 Å². The number of hydrogen-bond acceptors (Lipinski definition) is 5. The summed E-state index contributed by atoms with van der Waals surface area (Å²) in [5.74, 6) is -1.42. The van der Waals surface area contributed by atoms with Crippen LogP contribution in [-0.4, -0.2) is 41.6 Å². The van der Waals surface area contributed by atoms with E-state index in [1.54, 1.807) is 24.3 Å². The van der Waals surface area contributed by atoms with Crippen LogP contribution in [0.1, 0.15) is 11.1 Å². The number of carbonyl (C=O) groups is 3. The van der Waals surface area contributed by atoms with E-state index in [1.807, 2.05) is 0 Å². The molecule has 1 saturated heterocycles. The molecule has 1 fully saturated rings. The summed E-state index contributed by atoms with van der Waals surface area (Å²) >= 11 is 12.0. The van der Waals surface area contributed by atoms with Crippen LogP contribution in [0.4, 0.5) is 4.79 Å². The predicted octanol–water partition coefficient (Wildman–Crippen LogP) is 3.56. The number of benzene rings is 2. The largest absolute Gasteiger partial charge is 0.493 e. The van der Waals surface area contributed by atoms with Gasteiger partial charge in [0, 0.05) is 5.02 Å². The minimum atomic E-state index is -1.17. The SMILES string of the molecule is COc1cc(/C=C2\NC(=O)N(Cc3ccc(Cl)cc3)C2=O)cc(Cl)c1OCC(=O)O. The molecule has 30 heavy (non-hydrogen) atoms. The Morgan fingerprint density at radius 3 is 2.53 bits per heavy atom. The van der Waals surface area contributed by atoms with Crippen molar-refractivity contribution >= 4 is 47.2 Å². The van der Waals surface area contributed by atoms with Crippen LogP contribution >= 0.6 is 23.2 Å². The summed E-state index contributed by atoms with van der Waals surface area (Å²) in [5.41, 5.74) is 1.26. The molecule has 8 nitrogen and oxygen atoms in total. The molecule has 2 N–H and O–H groups in total. The molecule has 0 bridgehead atoms. The van der Waals surface area contributed by atoms with Crippen LogP contribution in [0.5, 0.6) is 11.5 Å². The van der Waals surface area contributed by atoms with Crippen LogP contribution < -0.4 is 14.8 Å². The van der Waals surface area contributed by atoms with Gasteiger partial charge < -0.3 is 19.9 Å². The Balaban J connectivity index is 1.83. The average molecular weight is 451 g/mol. The second-order valence-corrected chi connectivity index (χ2v) is 7.07. The summed E-state index contributed by atoms with van der Waals surface area (Å²) in [6.07, 6.45) is 1.44. The summed E-state index contributed by atoms with van der Waals surface area (Å²) in [4.78, 5) is 36.7. The van der Waals surface area contributed by atoms with Crippen LogP contribution in [-0.2, 0) is 16.1 Å². The number of nitrogens with one attached hydrogen (secondary N) is 1. The first-order chi connectivity index (χ1) is 14.3. The van der Waals surface area contributed by atoms with Gasteiger partial charge in [0.25, 0.3) is 5.91 Å². The fraction of sp³-hybridized carbons (Fsp3) is 0.150. The second kappa shape index (κ2) is 9.06. The van der Waals surface area contributed by atoms with Crippen LogP contribution in [0.25, 0.3) is 6.08 Å². The number of ether oxygens (including phenoxy) is 2. The minimum absolute atomic E-state index is 0.0614. The van der Waals surface area contributed by atoms with Crippen molar-refractivity contribution in [1.29, 1.82) is 0 Å². The van der Waals surface area contributed by atoms with Gasteiger partial charge in [0.1, 0.15) is 5.70 Å². The third-order valence-corrected chi connectivity index (χ3v) is 4.65. The first kappa shape index (κ1) is 21.5. The lowest BCUT2D eigenvalue weighted by molar-refractivity contribution is -0.139. The number of carbonyl (C=O) groups excluding carboxylic acids is 2. The van der Waals surface area contributed by atoms with Gasteiger partial charge in [0.05, 0.1) is 18.7 Å². The van der Waals surface area contributed by atoms with Crippen LogP contribution in [0, 0.1) is 0 Å². The quantitative estimate of drug-likeness (QED) is 0.493. The number of nitrogens with zero attached hydrogens (tertiary/aromatic N) is 1. The minimum Gasteiger partial charge on any atom is -0.493 e. The molecule has 0 saturated carbocycles. The van der Waals surface area contributed by atoms with Gasteiger partial charge in [-0.2, -0.15) is 0 Å². The molecule has 156 valence electrons. The van der Waals surface area contributed by atoms with Gasteiger partial charge in [-0.05, 0) is 41.5 Å². The molecule has 0 radical (unpaired) electrons. The van der Waals surface area contributed by atoms with Gasteiger partial charge in [0.2, 0.25) is 0 Å². The topological polar surface area (TPSA) is 105 Å². The van der Waals surface area contributed by atoms with Crippen LogP contribution in [0.3, 0.4) is 0 Å². The number of methoxy groups -OCH3 is 1. The zero-order valence-electron chi connectivity index (χ0n) is 15.6. The maximum absolute atomic E-state index is 12.7. The zero-order chi connectivity index (χ0) is 21.8. The highest BCUT2D eigenvalue weighted by Gasteiger charge is 2.33. The molecule has 0 unspecified atom stereocenters. The fourth-order valence-electron chi connectivity index (χ4n) is 2.75. The first-order valence-corrected chi connectivity index (χ1v) is 9.35. The lowest BCUT2D eigenvalue weighted by atomic mass is 10.1. The van der Waals surface area contributed by atoms with E-state index >= 15 is 0 Å². The number of aliphatic carboxylic acids is 1. The molecule has 0 aliphatic carbocycles. The normalized spacial score (nSPS) is 14.8. The molecule has 1 aliphatic heterocycles. The first-order valence-electron chi connectivity index (χ1n) is 8.59. The maximum Gasteiger partial charge on any atom is 0.341 e. The summed E-state index contributed by atoms with van der Waals surface area (Å²) in [7, 11) is 1.37. The molecule has 1 heterocycles. The van der Waals surface area contributed by atoms with Crippen molar-refractivity contribution in [3.63, 3.8) is 0 Å². The highest BCUT2D eigenvalue weighted by molar-refractivity contribution is 6.32. The Kier molecular flexibility index (Phi) is 6.49. The number of hydrogen-bond donors (Lipinski definition) is 2. The third-order valence-electron chi connectivity index (χ3n) is 4.12. The average Bonchev–Trinajstić information content (AvgIpc) is 2.95. The monoisotopic (exact) mass is 450 g/mol. The van der Waals surface area contributed by atoms with Gasteiger partial charge in [0.15, 0.2) is 18.1 Å². The molecule has 0 spiro atoms. The highest BCUT2D eigenvalue weighted by atomic mass is 35.5. The van der Waals surface area contributed by atoms with E-state index in [4.69, 9.17) is 37.8 Å². The number of carboxylic acid groups (broad SMARTS) is 1. The summed E-state index contributed by atoms with van der Waals surface area (Å²) in [6.45, 7) is -0.504. The number of halogens is 2. The molecular formula is C20H16Cl2N2O6. The van der Waals surface area contributed by atoms with Crippen molar-refractivity contribution in [1.82, 2.24) is 10.2 Å². The van der Waals surface area contributed by atoms with Crippen molar-refractivity contribution in [2.75, 3.05) is 13.7 Å². The number of rotatable bonds is 7. The zero-order valence-corrected chi connectivity index (χ0v) is 17.2. The van der Waals surface area contributed by atoms with Crippen LogP contribution in [0.15, 0.2) is 42.1 Å². The van der Waals surface area contributed by atoms with Gasteiger partial charge in [-0.15, -0.1) is 0 Å². The number of amides is 3. The van der Waals surface area contributed by atoms with E-state index < -0.39 is 24.5 Å². The summed E-state index contributed by atoms with van der Waals surface area (Å²) < 4.78 is 10.3. The molecular weight excluding hydrogens is 435 g/mol. The van der Waals surface area contributed by atoms with Crippen molar-refractivity contribution in [3.05, 3.63) is 63.3 Å². The summed E-state index contributed by atoms with van der Waals surface area (Å²) in [5, 5.41) is 11.9. The fourth-order valence-corrected chi connectivity index (χ4v) is 3.15. The van der Waals surface area contributed by atoms with Gasteiger partial charge in [-0.3, -0.25) is 9.69 Å².